The lowest BCUT2D eigenvalue weighted by Crippen LogP contribution is -1.94. The van der Waals surface area contributed by atoms with E-state index in [1.54, 1.807) is 17.6 Å². The van der Waals surface area contributed by atoms with Crippen LogP contribution in [0.4, 0.5) is 0 Å². The van der Waals surface area contributed by atoms with Crippen LogP contribution in [0.2, 0.25) is 0 Å². The lowest BCUT2D eigenvalue weighted by atomic mass is 10.1. The largest absolute Gasteiger partial charge is 0.295 e. The Hall–Kier alpha value is -2.49. The first-order valence-electron chi connectivity index (χ1n) is 5.66. The number of nitrogens with zero attached hydrogens (tertiary/aromatic N) is 3. The third-order valence-electron chi connectivity index (χ3n) is 2.84. The van der Waals surface area contributed by atoms with Crippen molar-refractivity contribution in [2.75, 3.05) is 0 Å². The minimum absolute atomic E-state index is 0.0690. The van der Waals surface area contributed by atoms with Crippen molar-refractivity contribution >= 4 is 11.4 Å². The maximum Gasteiger partial charge on any atom is 0.159 e. The molecule has 0 aliphatic carbocycles. The van der Waals surface area contributed by atoms with Gasteiger partial charge in [-0.3, -0.25) is 4.79 Å². The summed E-state index contributed by atoms with van der Waals surface area (Å²) in [5.41, 5.74) is 3.37. The van der Waals surface area contributed by atoms with Crippen molar-refractivity contribution in [3.63, 3.8) is 0 Å². The van der Waals surface area contributed by atoms with E-state index < -0.39 is 0 Å². The summed E-state index contributed by atoms with van der Waals surface area (Å²) >= 11 is 0. The number of ketones is 1. The second-order valence-electron chi connectivity index (χ2n) is 4.08. The summed E-state index contributed by atoms with van der Waals surface area (Å²) in [6, 6.07) is 11.3. The Balaban J connectivity index is 2.05. The Labute approximate surface area is 104 Å². The van der Waals surface area contributed by atoms with E-state index in [0.717, 1.165) is 16.9 Å². The van der Waals surface area contributed by atoms with Crippen LogP contribution in [-0.2, 0) is 0 Å². The third-order valence-corrected chi connectivity index (χ3v) is 2.84. The van der Waals surface area contributed by atoms with E-state index in [2.05, 4.69) is 10.1 Å². The molecule has 88 valence electrons. The van der Waals surface area contributed by atoms with Gasteiger partial charge in [0.2, 0.25) is 0 Å². The summed E-state index contributed by atoms with van der Waals surface area (Å²) in [6.07, 6.45) is 3.52. The molecule has 0 spiro atoms. The van der Waals surface area contributed by atoms with Crippen molar-refractivity contribution in [3.8, 4) is 11.3 Å². The van der Waals surface area contributed by atoms with Crippen molar-refractivity contribution in [2.24, 2.45) is 0 Å². The Kier molecular flexibility index (Phi) is 2.41. The molecule has 0 saturated carbocycles. The highest BCUT2D eigenvalue weighted by molar-refractivity contribution is 5.94. The number of aromatic nitrogens is 3. The molecule has 0 N–H and O–H groups in total. The number of Topliss-reactive ketones (excluding diaryl/α,β-unsaturated/α-hetero) is 1. The molecule has 1 aromatic carbocycles. The molecule has 0 saturated heterocycles. The van der Waals surface area contributed by atoms with Crippen LogP contribution in [0.5, 0.6) is 0 Å². The standard InChI is InChI=1S/C14H11N3O/c1-10(18)11-2-4-12(5-3-11)13-6-7-14-15-8-9-17(14)16-13/h2-9H,1H3. The molecule has 0 aliphatic rings. The fraction of sp³-hybridized carbons (Fsp3) is 0.0714. The van der Waals surface area contributed by atoms with Crippen LogP contribution >= 0.6 is 0 Å². The smallest absolute Gasteiger partial charge is 0.159 e. The zero-order valence-corrected chi connectivity index (χ0v) is 9.87. The molecule has 0 bridgehead atoms. The molecule has 0 amide bonds. The van der Waals surface area contributed by atoms with Gasteiger partial charge in [-0.05, 0) is 19.1 Å². The van der Waals surface area contributed by atoms with Gasteiger partial charge >= 0.3 is 0 Å². The van der Waals surface area contributed by atoms with Gasteiger partial charge in [0.25, 0.3) is 0 Å². The molecular formula is C14H11N3O. The molecule has 0 radical (unpaired) electrons. The van der Waals surface area contributed by atoms with E-state index in [1.165, 1.54) is 0 Å². The molecule has 2 aromatic heterocycles. The van der Waals surface area contributed by atoms with Gasteiger partial charge < -0.3 is 0 Å². The number of benzene rings is 1. The molecule has 18 heavy (non-hydrogen) atoms. The molecule has 0 atom stereocenters. The SMILES string of the molecule is CC(=O)c1ccc(-c2ccc3nccn3n2)cc1. The number of hydrogen-bond acceptors (Lipinski definition) is 3. The fourth-order valence-electron chi connectivity index (χ4n) is 1.84. The average molecular weight is 237 g/mol. The van der Waals surface area contributed by atoms with Crippen LogP contribution in [0, 0.1) is 0 Å². The maximum atomic E-state index is 11.2. The predicted octanol–water partition coefficient (Wildman–Crippen LogP) is 2.60. The van der Waals surface area contributed by atoms with Crippen LogP contribution in [0.15, 0.2) is 48.8 Å². The van der Waals surface area contributed by atoms with Crippen LogP contribution in [0.3, 0.4) is 0 Å². The predicted molar refractivity (Wildman–Crippen MR) is 68.4 cm³/mol. The van der Waals surface area contributed by atoms with E-state index in [-0.39, 0.29) is 5.78 Å². The van der Waals surface area contributed by atoms with E-state index in [4.69, 9.17) is 0 Å². The summed E-state index contributed by atoms with van der Waals surface area (Å²) in [4.78, 5) is 15.4. The fourth-order valence-corrected chi connectivity index (χ4v) is 1.84. The lowest BCUT2D eigenvalue weighted by Gasteiger charge is -2.02. The highest BCUT2D eigenvalue weighted by atomic mass is 16.1. The maximum absolute atomic E-state index is 11.2. The van der Waals surface area contributed by atoms with Gasteiger partial charge in [-0.25, -0.2) is 9.50 Å². The molecule has 2 heterocycles. The van der Waals surface area contributed by atoms with Gasteiger partial charge in [-0.1, -0.05) is 24.3 Å². The summed E-state index contributed by atoms with van der Waals surface area (Å²) in [5, 5.41) is 4.45. The minimum atomic E-state index is 0.0690. The van der Waals surface area contributed by atoms with Crippen LogP contribution in [0.1, 0.15) is 17.3 Å². The first-order chi connectivity index (χ1) is 8.74. The molecule has 3 aromatic rings. The Morgan fingerprint density at radius 2 is 1.89 bits per heavy atom. The summed E-state index contributed by atoms with van der Waals surface area (Å²) < 4.78 is 1.73. The molecule has 4 nitrogen and oxygen atoms in total. The molecule has 0 unspecified atom stereocenters. The van der Waals surface area contributed by atoms with E-state index in [1.807, 2.05) is 42.6 Å². The number of imidazole rings is 1. The van der Waals surface area contributed by atoms with Gasteiger partial charge in [0.05, 0.1) is 5.69 Å². The molecule has 4 heteroatoms. The van der Waals surface area contributed by atoms with Crippen molar-refractivity contribution in [1.82, 2.24) is 14.6 Å². The van der Waals surface area contributed by atoms with Crippen molar-refractivity contribution < 1.29 is 4.79 Å². The van der Waals surface area contributed by atoms with E-state index >= 15 is 0 Å². The minimum Gasteiger partial charge on any atom is -0.295 e. The topological polar surface area (TPSA) is 47.3 Å². The lowest BCUT2D eigenvalue weighted by molar-refractivity contribution is 0.101. The van der Waals surface area contributed by atoms with E-state index in [0.29, 0.717) is 5.56 Å². The van der Waals surface area contributed by atoms with Crippen molar-refractivity contribution in [2.45, 2.75) is 6.92 Å². The normalized spacial score (nSPS) is 10.7. The van der Waals surface area contributed by atoms with Gasteiger partial charge in [0, 0.05) is 23.5 Å². The Bertz CT molecular complexity index is 713. The summed E-state index contributed by atoms with van der Waals surface area (Å²) in [6.45, 7) is 1.56. The molecule has 0 aliphatic heterocycles. The first kappa shape index (κ1) is 10.7. The quantitative estimate of drug-likeness (QED) is 0.643. The monoisotopic (exact) mass is 237 g/mol. The number of rotatable bonds is 2. The van der Waals surface area contributed by atoms with Crippen molar-refractivity contribution in [1.29, 1.82) is 0 Å². The average Bonchev–Trinajstić information content (AvgIpc) is 2.86. The molecule has 0 fully saturated rings. The Morgan fingerprint density at radius 1 is 1.11 bits per heavy atom. The van der Waals surface area contributed by atoms with Gasteiger partial charge in [0.1, 0.15) is 0 Å². The van der Waals surface area contributed by atoms with Gasteiger partial charge in [0.15, 0.2) is 11.4 Å². The van der Waals surface area contributed by atoms with Crippen LogP contribution in [-0.4, -0.2) is 20.4 Å². The zero-order chi connectivity index (χ0) is 12.5. The van der Waals surface area contributed by atoms with Crippen LogP contribution in [0.25, 0.3) is 16.9 Å². The molecular weight excluding hydrogens is 226 g/mol. The van der Waals surface area contributed by atoms with E-state index in [9.17, 15) is 4.79 Å². The number of carbonyl (C=O) groups is 1. The number of hydrogen-bond donors (Lipinski definition) is 0. The third kappa shape index (κ3) is 1.78. The second kappa shape index (κ2) is 4.07. The first-order valence-corrected chi connectivity index (χ1v) is 5.66. The Morgan fingerprint density at radius 3 is 2.61 bits per heavy atom. The number of carbonyl (C=O) groups excluding carboxylic acids is 1. The highest BCUT2D eigenvalue weighted by Crippen LogP contribution is 2.17. The highest BCUT2D eigenvalue weighted by Gasteiger charge is 2.03. The summed E-state index contributed by atoms with van der Waals surface area (Å²) in [5.74, 6) is 0.0690. The number of fused-ring (bicyclic) bond motifs is 1. The zero-order valence-electron chi connectivity index (χ0n) is 9.87. The molecule has 3 rings (SSSR count). The van der Waals surface area contributed by atoms with Gasteiger partial charge in [-0.15, -0.1) is 0 Å². The van der Waals surface area contributed by atoms with Crippen molar-refractivity contribution in [3.05, 3.63) is 54.4 Å². The summed E-state index contributed by atoms with van der Waals surface area (Å²) in [7, 11) is 0. The van der Waals surface area contributed by atoms with Crippen LogP contribution < -0.4 is 0 Å². The second-order valence-corrected chi connectivity index (χ2v) is 4.08. The van der Waals surface area contributed by atoms with Gasteiger partial charge in [-0.2, -0.15) is 5.10 Å².